The van der Waals surface area contributed by atoms with Gasteiger partial charge in [-0.1, -0.05) is 30.7 Å². The van der Waals surface area contributed by atoms with Gasteiger partial charge in [-0.2, -0.15) is 0 Å². The lowest BCUT2D eigenvalue weighted by Crippen LogP contribution is -2.04. The molecule has 0 saturated carbocycles. The van der Waals surface area contributed by atoms with Gasteiger partial charge in [0.15, 0.2) is 0 Å². The highest BCUT2D eigenvalue weighted by atomic mass is 35.5. The first-order valence-corrected chi connectivity index (χ1v) is 10.0. The minimum Gasteiger partial charge on any atom is -0.344 e. The number of aromatic nitrogens is 4. The van der Waals surface area contributed by atoms with Crippen molar-refractivity contribution in [2.75, 3.05) is 5.32 Å². The second-order valence-electron chi connectivity index (χ2n) is 7.24. The van der Waals surface area contributed by atoms with Crippen LogP contribution in [0.4, 0.5) is 16.0 Å². The van der Waals surface area contributed by atoms with Gasteiger partial charge in [-0.05, 0) is 61.2 Å². The molecule has 2 heterocycles. The lowest BCUT2D eigenvalue weighted by Gasteiger charge is -2.12. The molecule has 152 valence electrons. The Kier molecular flexibility index (Phi) is 5.77. The van der Waals surface area contributed by atoms with E-state index in [9.17, 15) is 4.39 Å². The van der Waals surface area contributed by atoms with Gasteiger partial charge in [0, 0.05) is 28.8 Å². The van der Waals surface area contributed by atoms with E-state index in [0.717, 1.165) is 22.8 Å². The van der Waals surface area contributed by atoms with Crippen LogP contribution in [0.5, 0.6) is 0 Å². The maximum Gasteiger partial charge on any atom is 0.227 e. The molecule has 0 saturated heterocycles. The highest BCUT2D eigenvalue weighted by molar-refractivity contribution is 6.30. The highest BCUT2D eigenvalue weighted by Crippen LogP contribution is 2.25. The largest absolute Gasteiger partial charge is 0.344 e. The van der Waals surface area contributed by atoms with E-state index < -0.39 is 0 Å². The molecule has 2 aromatic heterocycles. The van der Waals surface area contributed by atoms with Gasteiger partial charge < -0.3 is 10.3 Å². The fraction of sp³-hybridized carbons (Fsp3) is 0.174. The average Bonchev–Trinajstić information content (AvgIpc) is 3.15. The summed E-state index contributed by atoms with van der Waals surface area (Å²) in [7, 11) is 0. The van der Waals surface area contributed by atoms with E-state index in [1.165, 1.54) is 11.6 Å². The molecule has 0 amide bonds. The van der Waals surface area contributed by atoms with Crippen LogP contribution in [-0.2, 0) is 6.42 Å². The quantitative estimate of drug-likeness (QED) is 0.397. The molecule has 0 bridgehead atoms. The first-order valence-electron chi connectivity index (χ1n) is 9.64. The topological polar surface area (TPSA) is 66.5 Å². The molecule has 0 aliphatic carbocycles. The molecule has 0 spiro atoms. The summed E-state index contributed by atoms with van der Waals surface area (Å²) in [5.41, 5.74) is 3.89. The third-order valence-corrected chi connectivity index (χ3v) is 5.11. The number of H-pyrrole nitrogens is 1. The third-order valence-electron chi connectivity index (χ3n) is 4.85. The van der Waals surface area contributed by atoms with Crippen molar-refractivity contribution >= 4 is 23.2 Å². The van der Waals surface area contributed by atoms with Gasteiger partial charge in [0.05, 0.1) is 11.3 Å². The lowest BCUT2D eigenvalue weighted by molar-refractivity contribution is 0.630. The summed E-state index contributed by atoms with van der Waals surface area (Å²) in [5.74, 6) is 0.836. The summed E-state index contributed by atoms with van der Waals surface area (Å²) in [4.78, 5) is 16.1. The van der Waals surface area contributed by atoms with Crippen molar-refractivity contribution in [3.05, 3.63) is 88.7 Å². The Hall–Kier alpha value is -3.25. The Bertz CT molecular complexity index is 1160. The van der Waals surface area contributed by atoms with Crippen LogP contribution in [0.3, 0.4) is 0 Å². The summed E-state index contributed by atoms with van der Waals surface area (Å²) in [6.45, 7) is 3.99. The van der Waals surface area contributed by atoms with Crippen LogP contribution in [0.1, 0.15) is 29.8 Å². The van der Waals surface area contributed by atoms with E-state index in [1.54, 1.807) is 24.5 Å². The Balaban J connectivity index is 1.47. The van der Waals surface area contributed by atoms with Crippen molar-refractivity contribution in [3.8, 4) is 11.4 Å². The summed E-state index contributed by atoms with van der Waals surface area (Å²) in [5, 5.41) is 3.80. The number of rotatable bonds is 6. The minimum absolute atomic E-state index is 0.276. The number of nitrogens with one attached hydrogen (secondary N) is 2. The fourth-order valence-corrected chi connectivity index (χ4v) is 3.38. The lowest BCUT2D eigenvalue weighted by atomic mass is 9.96. The van der Waals surface area contributed by atoms with Crippen LogP contribution in [0, 0.1) is 12.7 Å². The third kappa shape index (κ3) is 4.66. The van der Waals surface area contributed by atoms with Crippen molar-refractivity contribution in [1.29, 1.82) is 0 Å². The molecular formula is C23H21ClFN5. The first kappa shape index (κ1) is 20.0. The average molecular weight is 422 g/mol. The number of hydrogen-bond acceptors (Lipinski definition) is 4. The van der Waals surface area contributed by atoms with Gasteiger partial charge in [-0.15, -0.1) is 0 Å². The zero-order chi connectivity index (χ0) is 21.1. The number of halogens is 2. The molecular weight excluding hydrogens is 401 g/mol. The highest BCUT2D eigenvalue weighted by Gasteiger charge is 2.11. The minimum atomic E-state index is -0.373. The van der Waals surface area contributed by atoms with Crippen LogP contribution in [0.25, 0.3) is 11.4 Å². The maximum absolute atomic E-state index is 14.6. The Labute approximate surface area is 179 Å². The monoisotopic (exact) mass is 421 g/mol. The number of aryl methyl sites for hydroxylation is 1. The molecule has 1 atom stereocenters. The molecule has 0 aliphatic rings. The standard InChI is InChI=1S/C23H21ClFN5/c1-14(16-3-5-17(24)6-4-16)11-19-9-10-26-23(30-19)29-18-7-8-20(21(25)12-18)22-27-13-15(2)28-22/h3-10,12-14H,11H2,1-2H3,(H,27,28)(H,26,29,30). The van der Waals surface area contributed by atoms with Crippen molar-refractivity contribution in [1.82, 2.24) is 19.9 Å². The molecule has 4 aromatic rings. The van der Waals surface area contributed by atoms with Crippen LogP contribution in [0.15, 0.2) is 60.9 Å². The number of benzene rings is 2. The number of nitrogens with zero attached hydrogens (tertiary/aromatic N) is 3. The summed E-state index contributed by atoms with van der Waals surface area (Å²) >= 11 is 5.97. The van der Waals surface area contributed by atoms with E-state index in [1.807, 2.05) is 37.3 Å². The van der Waals surface area contributed by atoms with E-state index >= 15 is 0 Å². The Morgan fingerprint density at radius 1 is 1.10 bits per heavy atom. The number of aromatic amines is 1. The molecule has 1 unspecified atom stereocenters. The van der Waals surface area contributed by atoms with Gasteiger partial charge in [0.2, 0.25) is 5.95 Å². The molecule has 0 aliphatic heterocycles. The smallest absolute Gasteiger partial charge is 0.227 e. The molecule has 0 fully saturated rings. The molecule has 30 heavy (non-hydrogen) atoms. The number of anilines is 2. The molecule has 5 nitrogen and oxygen atoms in total. The van der Waals surface area contributed by atoms with Crippen molar-refractivity contribution < 1.29 is 4.39 Å². The summed E-state index contributed by atoms with van der Waals surface area (Å²) in [6, 6.07) is 14.6. The zero-order valence-electron chi connectivity index (χ0n) is 16.7. The summed E-state index contributed by atoms with van der Waals surface area (Å²) < 4.78 is 14.6. The van der Waals surface area contributed by atoms with E-state index in [-0.39, 0.29) is 11.7 Å². The Morgan fingerprint density at radius 3 is 2.60 bits per heavy atom. The number of hydrogen-bond donors (Lipinski definition) is 2. The van der Waals surface area contributed by atoms with Crippen molar-refractivity contribution in [2.45, 2.75) is 26.2 Å². The van der Waals surface area contributed by atoms with E-state index in [4.69, 9.17) is 11.6 Å². The fourth-order valence-electron chi connectivity index (χ4n) is 3.26. The van der Waals surface area contributed by atoms with E-state index in [0.29, 0.717) is 23.0 Å². The van der Waals surface area contributed by atoms with Crippen LogP contribution in [0.2, 0.25) is 5.02 Å². The SMILES string of the molecule is Cc1c[nH]c(-c2ccc(Nc3nccc(CC(C)c4ccc(Cl)cc4)n3)cc2F)n1. The van der Waals surface area contributed by atoms with Gasteiger partial charge in [-0.3, -0.25) is 0 Å². The molecule has 0 radical (unpaired) electrons. The van der Waals surface area contributed by atoms with Gasteiger partial charge >= 0.3 is 0 Å². The van der Waals surface area contributed by atoms with Gasteiger partial charge in [0.25, 0.3) is 0 Å². The molecule has 7 heteroatoms. The second kappa shape index (κ2) is 8.63. The molecule has 2 aromatic carbocycles. The van der Waals surface area contributed by atoms with E-state index in [2.05, 4.69) is 32.2 Å². The molecule has 4 rings (SSSR count). The zero-order valence-corrected chi connectivity index (χ0v) is 17.4. The normalized spacial score (nSPS) is 12.0. The van der Waals surface area contributed by atoms with Crippen molar-refractivity contribution in [2.24, 2.45) is 0 Å². The van der Waals surface area contributed by atoms with Gasteiger partial charge in [-0.25, -0.2) is 19.3 Å². The van der Waals surface area contributed by atoms with Crippen LogP contribution < -0.4 is 5.32 Å². The summed E-state index contributed by atoms with van der Waals surface area (Å²) in [6.07, 6.45) is 4.20. The van der Waals surface area contributed by atoms with Crippen LogP contribution in [-0.4, -0.2) is 19.9 Å². The predicted molar refractivity (Wildman–Crippen MR) is 118 cm³/mol. The van der Waals surface area contributed by atoms with Crippen LogP contribution >= 0.6 is 11.6 Å². The van der Waals surface area contributed by atoms with Crippen molar-refractivity contribution in [3.63, 3.8) is 0 Å². The second-order valence-corrected chi connectivity index (χ2v) is 7.67. The Morgan fingerprint density at radius 2 is 1.90 bits per heavy atom. The van der Waals surface area contributed by atoms with Gasteiger partial charge in [0.1, 0.15) is 11.6 Å². The predicted octanol–water partition coefficient (Wildman–Crippen LogP) is 6.06. The first-order chi connectivity index (χ1) is 14.5. The number of imidazole rings is 1. The maximum atomic E-state index is 14.6. The molecule has 2 N–H and O–H groups in total.